The van der Waals surface area contributed by atoms with E-state index in [2.05, 4.69) is 48.1 Å². The molecule has 0 radical (unpaired) electrons. The molecule has 0 heterocycles. The normalized spacial score (nSPS) is 41.7. The first-order chi connectivity index (χ1) is 22.1. The minimum atomic E-state index is -0.526. The first-order valence-electron chi connectivity index (χ1n) is 18.2. The molecular weight excluding hydrogens is 588 g/mol. The van der Waals surface area contributed by atoms with E-state index in [0.29, 0.717) is 36.2 Å². The third-order valence-electron chi connectivity index (χ3n) is 15.5. The summed E-state index contributed by atoms with van der Waals surface area (Å²) < 4.78 is 17.1. The van der Waals surface area contributed by atoms with Crippen LogP contribution in [0.1, 0.15) is 133 Å². The molecule has 6 rings (SSSR count). The summed E-state index contributed by atoms with van der Waals surface area (Å²) in [5.74, 6) is 1.39. The van der Waals surface area contributed by atoms with E-state index in [1.54, 1.807) is 31.2 Å². The topological polar surface area (TPSA) is 78.9 Å². The highest BCUT2D eigenvalue weighted by atomic mass is 16.5. The van der Waals surface area contributed by atoms with Crippen LogP contribution in [-0.2, 0) is 19.0 Å². The summed E-state index contributed by atoms with van der Waals surface area (Å²) in [6, 6.07) is 6.79. The van der Waals surface area contributed by atoms with Crippen LogP contribution in [0.15, 0.2) is 36.4 Å². The lowest BCUT2D eigenvalue weighted by atomic mass is 9.32. The molecule has 6 nitrogen and oxygen atoms in total. The Kier molecular flexibility index (Phi) is 8.57. The van der Waals surface area contributed by atoms with E-state index in [0.717, 1.165) is 38.5 Å². The smallest absolute Gasteiger partial charge is 0.339 e. The van der Waals surface area contributed by atoms with Gasteiger partial charge in [0.2, 0.25) is 0 Å². The van der Waals surface area contributed by atoms with Gasteiger partial charge in [-0.15, -0.1) is 0 Å². The third kappa shape index (κ3) is 5.04. The molecule has 0 N–H and O–H groups in total. The number of ether oxygens (including phenoxy) is 3. The van der Waals surface area contributed by atoms with E-state index in [1.807, 2.05) is 0 Å². The molecule has 0 aliphatic heterocycles. The van der Waals surface area contributed by atoms with Gasteiger partial charge in [0.05, 0.1) is 24.8 Å². The molecule has 5 saturated carbocycles. The number of benzene rings is 1. The zero-order valence-corrected chi connectivity index (χ0v) is 30.2. The molecule has 1 aromatic rings. The Morgan fingerprint density at radius 2 is 1.47 bits per heavy atom. The maximum Gasteiger partial charge on any atom is 0.339 e. The fraction of sp³-hybridized carbons (Fsp3) is 0.732. The highest BCUT2D eigenvalue weighted by molar-refractivity contribution is 6.03. The molecule has 5 aliphatic rings. The van der Waals surface area contributed by atoms with Gasteiger partial charge in [0.25, 0.3) is 0 Å². The summed E-state index contributed by atoms with van der Waals surface area (Å²) in [5, 5.41) is 0. The number of fused-ring (bicyclic) bond motifs is 7. The van der Waals surface area contributed by atoms with E-state index in [4.69, 9.17) is 14.2 Å². The number of hydrogen-bond donors (Lipinski definition) is 0. The number of rotatable bonds is 6. The summed E-state index contributed by atoms with van der Waals surface area (Å²) in [6.07, 6.45) is 11.2. The molecule has 0 aromatic heterocycles. The zero-order chi connectivity index (χ0) is 34.2. The average molecular weight is 647 g/mol. The van der Waals surface area contributed by atoms with Crippen LogP contribution >= 0.6 is 0 Å². The molecule has 47 heavy (non-hydrogen) atoms. The lowest BCUT2D eigenvalue weighted by Crippen LogP contribution is -2.67. The summed E-state index contributed by atoms with van der Waals surface area (Å²) in [6.45, 7) is 21.2. The van der Waals surface area contributed by atoms with Crippen molar-refractivity contribution in [3.63, 3.8) is 0 Å². The number of esters is 3. The van der Waals surface area contributed by atoms with Crippen molar-refractivity contribution in [1.29, 1.82) is 0 Å². The lowest BCUT2D eigenvalue weighted by molar-refractivity contribution is -0.251. The van der Waals surface area contributed by atoms with Crippen molar-refractivity contribution in [2.24, 2.45) is 56.7 Å². The molecule has 0 amide bonds. The molecule has 0 saturated heterocycles. The van der Waals surface area contributed by atoms with Crippen LogP contribution in [0.4, 0.5) is 0 Å². The van der Waals surface area contributed by atoms with Gasteiger partial charge < -0.3 is 14.2 Å². The van der Waals surface area contributed by atoms with Crippen LogP contribution in [0.25, 0.3) is 0 Å². The summed E-state index contributed by atoms with van der Waals surface area (Å²) in [4.78, 5) is 38.0. The SMILES string of the molecule is C=C(C)[C@@H]1CCC2(COC(=O)c3ccccc3C(=O)OC)CC[C@]3(C)C(CCC4[C@@]5(C)CCC(OC(C)=O)C(C)(C)C5CC[C@]43C)C12. The van der Waals surface area contributed by atoms with Gasteiger partial charge in [-0.25, -0.2) is 9.59 Å². The second-order valence-electron chi connectivity index (χ2n) is 17.6. The van der Waals surface area contributed by atoms with E-state index in [1.165, 1.54) is 38.4 Å². The van der Waals surface area contributed by atoms with Gasteiger partial charge in [-0.1, -0.05) is 58.9 Å². The van der Waals surface area contributed by atoms with Gasteiger partial charge in [0, 0.05) is 17.8 Å². The minimum absolute atomic E-state index is 0.0123. The Morgan fingerprint density at radius 1 is 0.787 bits per heavy atom. The second kappa shape index (κ2) is 11.8. The molecule has 258 valence electrons. The van der Waals surface area contributed by atoms with E-state index in [9.17, 15) is 14.4 Å². The van der Waals surface area contributed by atoms with Crippen LogP contribution in [0.2, 0.25) is 0 Å². The van der Waals surface area contributed by atoms with E-state index < -0.39 is 11.9 Å². The van der Waals surface area contributed by atoms with E-state index in [-0.39, 0.29) is 50.3 Å². The number of carbonyl (C=O) groups excluding carboxylic acids is 3. The Bertz CT molecular complexity index is 1440. The number of carbonyl (C=O) groups is 3. The Morgan fingerprint density at radius 3 is 2.11 bits per heavy atom. The monoisotopic (exact) mass is 646 g/mol. The van der Waals surface area contributed by atoms with Gasteiger partial charge in [0.15, 0.2) is 0 Å². The quantitative estimate of drug-likeness (QED) is 0.174. The molecule has 10 atom stereocenters. The summed E-state index contributed by atoms with van der Waals surface area (Å²) in [7, 11) is 1.33. The van der Waals surface area contributed by atoms with Crippen molar-refractivity contribution < 1.29 is 28.6 Å². The van der Waals surface area contributed by atoms with Gasteiger partial charge in [0.1, 0.15) is 6.10 Å². The van der Waals surface area contributed by atoms with Gasteiger partial charge in [-0.05, 0) is 129 Å². The predicted molar refractivity (Wildman–Crippen MR) is 183 cm³/mol. The Balaban J connectivity index is 1.29. The number of methoxy groups -OCH3 is 1. The molecule has 6 unspecified atom stereocenters. The van der Waals surface area contributed by atoms with Crippen LogP contribution < -0.4 is 0 Å². The summed E-state index contributed by atoms with van der Waals surface area (Å²) >= 11 is 0. The highest BCUT2D eigenvalue weighted by Crippen LogP contribution is 2.77. The Hall–Kier alpha value is -2.63. The first kappa shape index (κ1) is 34.2. The van der Waals surface area contributed by atoms with E-state index >= 15 is 0 Å². The standard InChI is InChI=1S/C41H58O6/c1-25(2)27-16-21-41(24-46-36(44)29-13-11-10-12-28(29)35(43)45-9)23-22-39(7)30(34(27)41)14-15-32-38(6)19-18-33(47-26(3)42)37(4,5)31(38)17-20-40(32,39)8/h10-13,27,30-34H,1,14-24H2,2-9H3/t27-,30?,31?,32?,33?,34?,38-,39+,40+,41?/m0/s1. The fourth-order valence-corrected chi connectivity index (χ4v) is 13.2. The van der Waals surface area contributed by atoms with Crippen LogP contribution in [0.3, 0.4) is 0 Å². The van der Waals surface area contributed by atoms with Crippen LogP contribution in [-0.4, -0.2) is 37.7 Å². The van der Waals surface area contributed by atoms with Crippen LogP contribution in [0.5, 0.6) is 0 Å². The second-order valence-corrected chi connectivity index (χ2v) is 17.6. The number of allylic oxidation sites excluding steroid dienone is 1. The van der Waals surface area contributed by atoms with Crippen molar-refractivity contribution >= 4 is 17.9 Å². The molecule has 5 aliphatic carbocycles. The minimum Gasteiger partial charge on any atom is -0.465 e. The predicted octanol–water partition coefficient (Wildman–Crippen LogP) is 9.22. The zero-order valence-electron chi connectivity index (χ0n) is 30.2. The van der Waals surface area contributed by atoms with Crippen molar-refractivity contribution in [3.05, 3.63) is 47.5 Å². The van der Waals surface area contributed by atoms with Crippen molar-refractivity contribution in [1.82, 2.24) is 0 Å². The van der Waals surface area contributed by atoms with Crippen molar-refractivity contribution in [3.8, 4) is 0 Å². The fourth-order valence-electron chi connectivity index (χ4n) is 13.2. The first-order valence-corrected chi connectivity index (χ1v) is 18.2. The molecule has 6 heteroatoms. The van der Waals surface area contributed by atoms with Gasteiger partial charge in [-0.2, -0.15) is 0 Å². The third-order valence-corrected chi connectivity index (χ3v) is 15.5. The van der Waals surface area contributed by atoms with Gasteiger partial charge >= 0.3 is 17.9 Å². The average Bonchev–Trinajstić information content (AvgIpc) is 3.41. The largest absolute Gasteiger partial charge is 0.465 e. The van der Waals surface area contributed by atoms with Crippen molar-refractivity contribution in [2.45, 2.75) is 119 Å². The molecule has 5 fully saturated rings. The van der Waals surface area contributed by atoms with Crippen LogP contribution in [0, 0.1) is 56.7 Å². The summed E-state index contributed by atoms with van der Waals surface area (Å²) in [5.41, 5.74) is 2.23. The molecule has 0 spiro atoms. The highest BCUT2D eigenvalue weighted by Gasteiger charge is 2.71. The lowest BCUT2D eigenvalue weighted by Gasteiger charge is -2.73. The number of hydrogen-bond acceptors (Lipinski definition) is 6. The molecule has 0 bridgehead atoms. The van der Waals surface area contributed by atoms with Crippen molar-refractivity contribution in [2.75, 3.05) is 13.7 Å². The molecular formula is C41H58O6. The maximum absolute atomic E-state index is 13.5. The maximum atomic E-state index is 13.5. The van der Waals surface area contributed by atoms with Gasteiger partial charge in [-0.3, -0.25) is 4.79 Å². The molecule has 1 aromatic carbocycles. The Labute approximate surface area is 282 Å².